The highest BCUT2D eigenvalue weighted by atomic mass is 19.1. The fraction of sp³-hybridized carbons (Fsp3) is 0.231. The third-order valence-corrected chi connectivity index (χ3v) is 2.79. The molecule has 0 bridgehead atoms. The highest BCUT2D eigenvalue weighted by Crippen LogP contribution is 2.25. The van der Waals surface area contributed by atoms with Crippen molar-refractivity contribution in [1.29, 1.82) is 0 Å². The average molecular weight is 219 g/mol. The Morgan fingerprint density at radius 1 is 1.31 bits per heavy atom. The van der Waals surface area contributed by atoms with Gasteiger partial charge in [-0.05, 0) is 42.3 Å². The third-order valence-electron chi connectivity index (χ3n) is 2.79. The molecule has 16 heavy (non-hydrogen) atoms. The molecule has 0 saturated carbocycles. The molecule has 1 unspecified atom stereocenters. The number of nitrogens with zero attached hydrogens (tertiary/aromatic N) is 1. The Morgan fingerprint density at radius 2 is 2.06 bits per heavy atom. The predicted octanol–water partition coefficient (Wildman–Crippen LogP) is 2.55. The molecule has 0 aliphatic heterocycles. The van der Waals surface area contributed by atoms with Gasteiger partial charge in [-0.15, -0.1) is 0 Å². The van der Waals surface area contributed by atoms with Crippen molar-refractivity contribution in [3.8, 4) is 0 Å². The molecule has 1 aromatic carbocycles. The largest absolute Gasteiger partial charge is 0.382 e. The third kappa shape index (κ3) is 1.86. The molecule has 0 saturated heterocycles. The van der Waals surface area contributed by atoms with Crippen molar-refractivity contribution in [3.63, 3.8) is 0 Å². The summed E-state index contributed by atoms with van der Waals surface area (Å²) in [5.74, 6) is -0.277. The van der Waals surface area contributed by atoms with Crippen LogP contribution >= 0.6 is 0 Å². The molecule has 0 aliphatic carbocycles. The zero-order chi connectivity index (χ0) is 11.7. The standard InChI is InChI=1S/C13H14FNO/c1-9-8-10(14)5-6-11(9)13(16)12-4-3-7-15(12)2/h3-8,13,16H,1-2H3. The van der Waals surface area contributed by atoms with Crippen LogP contribution < -0.4 is 0 Å². The van der Waals surface area contributed by atoms with Crippen LogP contribution in [0.2, 0.25) is 0 Å². The number of aromatic nitrogens is 1. The summed E-state index contributed by atoms with van der Waals surface area (Å²) in [4.78, 5) is 0. The quantitative estimate of drug-likeness (QED) is 0.825. The molecular weight excluding hydrogens is 205 g/mol. The van der Waals surface area contributed by atoms with Crippen LogP contribution in [0.25, 0.3) is 0 Å². The van der Waals surface area contributed by atoms with Crippen LogP contribution in [0.4, 0.5) is 4.39 Å². The highest BCUT2D eigenvalue weighted by Gasteiger charge is 2.15. The summed E-state index contributed by atoms with van der Waals surface area (Å²) in [5.41, 5.74) is 2.30. The van der Waals surface area contributed by atoms with Crippen molar-refractivity contribution in [2.75, 3.05) is 0 Å². The lowest BCUT2D eigenvalue weighted by Crippen LogP contribution is -2.06. The summed E-state index contributed by atoms with van der Waals surface area (Å²) in [7, 11) is 1.87. The van der Waals surface area contributed by atoms with Gasteiger partial charge in [0.1, 0.15) is 11.9 Å². The van der Waals surface area contributed by atoms with E-state index >= 15 is 0 Å². The minimum atomic E-state index is -0.708. The highest BCUT2D eigenvalue weighted by molar-refractivity contribution is 5.33. The molecule has 3 heteroatoms. The second-order valence-corrected chi connectivity index (χ2v) is 3.95. The minimum absolute atomic E-state index is 0.277. The van der Waals surface area contributed by atoms with E-state index in [-0.39, 0.29) is 5.82 Å². The van der Waals surface area contributed by atoms with Crippen LogP contribution in [0.1, 0.15) is 22.9 Å². The van der Waals surface area contributed by atoms with Crippen molar-refractivity contribution in [3.05, 3.63) is 59.2 Å². The first-order valence-corrected chi connectivity index (χ1v) is 5.15. The van der Waals surface area contributed by atoms with E-state index in [4.69, 9.17) is 0 Å². The summed E-state index contributed by atoms with van der Waals surface area (Å²) in [6.07, 6.45) is 1.16. The molecule has 2 nitrogen and oxygen atoms in total. The molecule has 84 valence electrons. The van der Waals surface area contributed by atoms with E-state index in [0.717, 1.165) is 16.8 Å². The van der Waals surface area contributed by atoms with Crippen molar-refractivity contribution < 1.29 is 9.50 Å². The van der Waals surface area contributed by atoms with Crippen LogP contribution in [0, 0.1) is 12.7 Å². The summed E-state index contributed by atoms with van der Waals surface area (Å²) < 4.78 is 14.8. The summed E-state index contributed by atoms with van der Waals surface area (Å²) >= 11 is 0. The average Bonchev–Trinajstić information content (AvgIpc) is 2.63. The van der Waals surface area contributed by atoms with E-state index in [1.54, 1.807) is 13.0 Å². The molecule has 0 fully saturated rings. The van der Waals surface area contributed by atoms with Crippen molar-refractivity contribution >= 4 is 0 Å². The van der Waals surface area contributed by atoms with E-state index in [1.807, 2.05) is 29.9 Å². The topological polar surface area (TPSA) is 25.2 Å². The summed E-state index contributed by atoms with van der Waals surface area (Å²) in [6.45, 7) is 1.80. The van der Waals surface area contributed by atoms with E-state index < -0.39 is 6.10 Å². The Hall–Kier alpha value is -1.61. The minimum Gasteiger partial charge on any atom is -0.382 e. The normalized spacial score (nSPS) is 12.8. The van der Waals surface area contributed by atoms with Crippen LogP contribution in [0.3, 0.4) is 0 Å². The number of aliphatic hydroxyl groups excluding tert-OH is 1. The van der Waals surface area contributed by atoms with Gasteiger partial charge in [0, 0.05) is 13.2 Å². The number of halogens is 1. The summed E-state index contributed by atoms with van der Waals surface area (Å²) in [6, 6.07) is 8.16. The first kappa shape index (κ1) is 10.9. The van der Waals surface area contributed by atoms with Gasteiger partial charge < -0.3 is 9.67 Å². The van der Waals surface area contributed by atoms with Gasteiger partial charge in [-0.25, -0.2) is 4.39 Å². The Labute approximate surface area is 94.0 Å². The van der Waals surface area contributed by atoms with Crippen LogP contribution in [-0.2, 0) is 7.05 Å². The lowest BCUT2D eigenvalue weighted by atomic mass is 10.0. The van der Waals surface area contributed by atoms with Gasteiger partial charge in [0.15, 0.2) is 0 Å². The predicted molar refractivity (Wildman–Crippen MR) is 60.6 cm³/mol. The molecule has 2 rings (SSSR count). The molecule has 1 heterocycles. The number of benzene rings is 1. The van der Waals surface area contributed by atoms with Gasteiger partial charge in [-0.3, -0.25) is 0 Å². The molecule has 0 spiro atoms. The molecule has 0 amide bonds. The van der Waals surface area contributed by atoms with Gasteiger partial charge in [0.05, 0.1) is 5.69 Å². The molecule has 0 aliphatic rings. The maximum Gasteiger partial charge on any atom is 0.123 e. The Morgan fingerprint density at radius 3 is 2.62 bits per heavy atom. The van der Waals surface area contributed by atoms with Crippen LogP contribution in [-0.4, -0.2) is 9.67 Å². The number of hydrogen-bond donors (Lipinski definition) is 1. The molecular formula is C13H14FNO. The first-order valence-electron chi connectivity index (χ1n) is 5.15. The second kappa shape index (κ2) is 4.10. The van der Waals surface area contributed by atoms with E-state index in [0.29, 0.717) is 0 Å². The van der Waals surface area contributed by atoms with Gasteiger partial charge in [-0.1, -0.05) is 6.07 Å². The van der Waals surface area contributed by atoms with Crippen molar-refractivity contribution in [2.24, 2.45) is 7.05 Å². The van der Waals surface area contributed by atoms with Crippen LogP contribution in [0.5, 0.6) is 0 Å². The maximum absolute atomic E-state index is 12.9. The molecule has 0 radical (unpaired) electrons. The number of rotatable bonds is 2. The Kier molecular flexibility index (Phi) is 2.79. The van der Waals surface area contributed by atoms with Gasteiger partial charge >= 0.3 is 0 Å². The number of hydrogen-bond acceptors (Lipinski definition) is 1. The van der Waals surface area contributed by atoms with E-state index in [9.17, 15) is 9.50 Å². The molecule has 1 aromatic heterocycles. The zero-order valence-electron chi connectivity index (χ0n) is 9.31. The Balaban J connectivity index is 2.41. The lowest BCUT2D eigenvalue weighted by Gasteiger charge is -2.14. The van der Waals surface area contributed by atoms with Gasteiger partial charge in [0.2, 0.25) is 0 Å². The molecule has 1 N–H and O–H groups in total. The first-order chi connectivity index (χ1) is 7.59. The van der Waals surface area contributed by atoms with E-state index in [1.165, 1.54) is 12.1 Å². The SMILES string of the molecule is Cc1cc(F)ccc1C(O)c1cccn1C. The molecule has 2 aromatic rings. The van der Waals surface area contributed by atoms with Crippen molar-refractivity contribution in [1.82, 2.24) is 4.57 Å². The van der Waals surface area contributed by atoms with Gasteiger partial charge in [0.25, 0.3) is 0 Å². The Bertz CT molecular complexity index is 504. The van der Waals surface area contributed by atoms with Gasteiger partial charge in [-0.2, -0.15) is 0 Å². The second-order valence-electron chi connectivity index (χ2n) is 3.95. The van der Waals surface area contributed by atoms with Crippen LogP contribution in [0.15, 0.2) is 36.5 Å². The maximum atomic E-state index is 12.9. The van der Waals surface area contributed by atoms with E-state index in [2.05, 4.69) is 0 Å². The lowest BCUT2D eigenvalue weighted by molar-refractivity contribution is 0.210. The molecule has 1 atom stereocenters. The number of aliphatic hydroxyl groups is 1. The van der Waals surface area contributed by atoms with Crippen molar-refractivity contribution in [2.45, 2.75) is 13.0 Å². The number of aryl methyl sites for hydroxylation is 2. The fourth-order valence-corrected chi connectivity index (χ4v) is 1.86. The smallest absolute Gasteiger partial charge is 0.123 e. The summed E-state index contributed by atoms with van der Waals surface area (Å²) in [5, 5.41) is 10.2. The fourth-order valence-electron chi connectivity index (χ4n) is 1.86. The zero-order valence-corrected chi connectivity index (χ0v) is 9.31. The monoisotopic (exact) mass is 219 g/mol.